The summed E-state index contributed by atoms with van der Waals surface area (Å²) in [6, 6.07) is 6.51. The molecule has 0 aliphatic carbocycles. The van der Waals surface area contributed by atoms with Crippen molar-refractivity contribution in [3.05, 3.63) is 65.8 Å². The quantitative estimate of drug-likeness (QED) is 0.507. The minimum absolute atomic E-state index is 0.729. The van der Waals surface area contributed by atoms with E-state index in [1.54, 1.807) is 0 Å². The van der Waals surface area contributed by atoms with Gasteiger partial charge in [-0.2, -0.15) is 0 Å². The summed E-state index contributed by atoms with van der Waals surface area (Å²) >= 11 is 0. The molecule has 0 nitrogen and oxygen atoms in total. The first-order chi connectivity index (χ1) is 8.62. The molecule has 1 aromatic rings. The Morgan fingerprint density at radius 3 is 2.11 bits per heavy atom. The van der Waals surface area contributed by atoms with E-state index >= 15 is 0 Å². The fraction of sp³-hybridized carbons (Fsp3) is 0.222. The minimum atomic E-state index is 0.729. The van der Waals surface area contributed by atoms with E-state index in [1.807, 2.05) is 12.2 Å². The monoisotopic (exact) mass is 236 g/mol. The summed E-state index contributed by atoms with van der Waals surface area (Å²) in [6.45, 7) is 11.8. The molecule has 0 aliphatic rings. The van der Waals surface area contributed by atoms with Gasteiger partial charge in [0.1, 0.15) is 0 Å². The molecule has 0 aromatic heterocycles. The van der Waals surface area contributed by atoms with Gasteiger partial charge >= 0.3 is 0 Å². The predicted octanol–water partition coefficient (Wildman–Crippen LogP) is 4.84. The lowest BCUT2D eigenvalue weighted by Gasteiger charge is -2.11. The Labute approximate surface area is 111 Å². The van der Waals surface area contributed by atoms with Gasteiger partial charge in [-0.05, 0) is 37.8 Å². The first-order valence-electron chi connectivity index (χ1n) is 6.11. The second-order valence-electron chi connectivity index (χ2n) is 4.46. The first-order valence-corrected chi connectivity index (χ1v) is 6.11. The highest BCUT2D eigenvalue weighted by atomic mass is 14.1. The standard InChI is InChI=1S/C18H20/c1-6-9-16(8-3)18(10-7-2)17-12-14(4)11-15(5)13-17/h3,6-7,11-13H,1-2,9-10H2,4-5H3. The number of aryl methyl sites for hydroxylation is 2. The Hall–Kier alpha value is -2.00. The molecule has 0 heterocycles. The SMILES string of the molecule is C#CC(CC=C)=C(CC=C)c1cc(C)cc(C)c1. The number of benzene rings is 1. The molecule has 1 aromatic carbocycles. The maximum absolute atomic E-state index is 5.61. The average molecular weight is 236 g/mol. The maximum Gasteiger partial charge on any atom is 0.00962 e. The maximum atomic E-state index is 5.61. The Kier molecular flexibility index (Phi) is 5.21. The Morgan fingerprint density at radius 1 is 1.11 bits per heavy atom. The van der Waals surface area contributed by atoms with Crippen LogP contribution in [0.2, 0.25) is 0 Å². The molecule has 0 bridgehead atoms. The molecule has 0 N–H and O–H groups in total. The molecule has 0 saturated carbocycles. The normalized spacial score (nSPS) is 11.4. The molecule has 18 heavy (non-hydrogen) atoms. The van der Waals surface area contributed by atoms with Crippen molar-refractivity contribution in [1.29, 1.82) is 0 Å². The number of hydrogen-bond acceptors (Lipinski definition) is 0. The molecule has 0 aliphatic heterocycles. The van der Waals surface area contributed by atoms with Crippen LogP contribution in [0.3, 0.4) is 0 Å². The van der Waals surface area contributed by atoms with Gasteiger partial charge in [0.15, 0.2) is 0 Å². The number of allylic oxidation sites excluding steroid dienone is 4. The van der Waals surface area contributed by atoms with Crippen molar-refractivity contribution < 1.29 is 0 Å². The highest BCUT2D eigenvalue weighted by Crippen LogP contribution is 2.26. The minimum Gasteiger partial charge on any atom is -0.115 e. The van der Waals surface area contributed by atoms with Crippen LogP contribution in [0.1, 0.15) is 29.5 Å². The summed E-state index contributed by atoms with van der Waals surface area (Å²) in [5, 5.41) is 0. The van der Waals surface area contributed by atoms with Gasteiger partial charge in [0.2, 0.25) is 0 Å². The van der Waals surface area contributed by atoms with Crippen molar-refractivity contribution in [3.63, 3.8) is 0 Å². The molecule has 1 rings (SSSR count). The van der Waals surface area contributed by atoms with E-state index in [0.717, 1.165) is 18.4 Å². The van der Waals surface area contributed by atoms with Crippen LogP contribution in [0.25, 0.3) is 5.57 Å². The second-order valence-corrected chi connectivity index (χ2v) is 4.46. The van der Waals surface area contributed by atoms with E-state index in [-0.39, 0.29) is 0 Å². The Bertz CT molecular complexity index is 501. The summed E-state index contributed by atoms with van der Waals surface area (Å²) < 4.78 is 0. The molecule has 0 atom stereocenters. The Balaban J connectivity index is 3.39. The van der Waals surface area contributed by atoms with Crippen LogP contribution < -0.4 is 0 Å². The van der Waals surface area contributed by atoms with Gasteiger partial charge in [0, 0.05) is 5.57 Å². The first kappa shape index (κ1) is 14.1. The van der Waals surface area contributed by atoms with Gasteiger partial charge in [0.25, 0.3) is 0 Å². The topological polar surface area (TPSA) is 0 Å². The van der Waals surface area contributed by atoms with E-state index in [9.17, 15) is 0 Å². The zero-order chi connectivity index (χ0) is 13.5. The van der Waals surface area contributed by atoms with E-state index in [2.05, 4.69) is 51.1 Å². The summed E-state index contributed by atoms with van der Waals surface area (Å²) in [6.07, 6.45) is 10.9. The van der Waals surface area contributed by atoms with Crippen molar-refractivity contribution in [2.24, 2.45) is 0 Å². The molecule has 0 saturated heterocycles. The smallest absolute Gasteiger partial charge is 0.00962 e. The fourth-order valence-corrected chi connectivity index (χ4v) is 2.12. The summed E-state index contributed by atoms with van der Waals surface area (Å²) in [5.41, 5.74) is 5.87. The number of terminal acetylenes is 1. The largest absolute Gasteiger partial charge is 0.115 e. The molecule has 0 spiro atoms. The van der Waals surface area contributed by atoms with Crippen molar-refractivity contribution in [3.8, 4) is 12.3 Å². The molecule has 0 amide bonds. The molecular weight excluding hydrogens is 216 g/mol. The predicted molar refractivity (Wildman–Crippen MR) is 81.3 cm³/mol. The molecule has 92 valence electrons. The highest BCUT2D eigenvalue weighted by Gasteiger charge is 2.07. The molecule has 0 unspecified atom stereocenters. The third-order valence-corrected chi connectivity index (χ3v) is 2.81. The van der Waals surface area contributed by atoms with Crippen molar-refractivity contribution in [2.45, 2.75) is 26.7 Å². The van der Waals surface area contributed by atoms with Crippen molar-refractivity contribution >= 4 is 5.57 Å². The molecule has 0 heteroatoms. The van der Waals surface area contributed by atoms with Crippen LogP contribution in [0.4, 0.5) is 0 Å². The van der Waals surface area contributed by atoms with Crippen LogP contribution in [-0.2, 0) is 0 Å². The lowest BCUT2D eigenvalue weighted by atomic mass is 9.93. The van der Waals surface area contributed by atoms with Crippen LogP contribution in [0.15, 0.2) is 49.1 Å². The third kappa shape index (κ3) is 3.50. The van der Waals surface area contributed by atoms with Crippen molar-refractivity contribution in [1.82, 2.24) is 0 Å². The number of hydrogen-bond donors (Lipinski definition) is 0. The highest BCUT2D eigenvalue weighted by molar-refractivity contribution is 5.74. The second kappa shape index (κ2) is 6.67. The van der Waals surface area contributed by atoms with Gasteiger partial charge in [0.05, 0.1) is 0 Å². The lowest BCUT2D eigenvalue weighted by Crippen LogP contribution is -1.92. The summed E-state index contributed by atoms with van der Waals surface area (Å²) in [4.78, 5) is 0. The van der Waals surface area contributed by atoms with Crippen LogP contribution in [0.5, 0.6) is 0 Å². The summed E-state index contributed by atoms with van der Waals surface area (Å²) in [7, 11) is 0. The van der Waals surface area contributed by atoms with E-state index in [4.69, 9.17) is 6.42 Å². The number of rotatable bonds is 5. The van der Waals surface area contributed by atoms with Gasteiger partial charge in [-0.25, -0.2) is 0 Å². The van der Waals surface area contributed by atoms with E-state index in [1.165, 1.54) is 22.3 Å². The van der Waals surface area contributed by atoms with Crippen molar-refractivity contribution in [2.75, 3.05) is 0 Å². The van der Waals surface area contributed by atoms with E-state index < -0.39 is 0 Å². The van der Waals surface area contributed by atoms with E-state index in [0.29, 0.717) is 0 Å². The van der Waals surface area contributed by atoms with Crippen LogP contribution in [0, 0.1) is 26.2 Å². The zero-order valence-electron chi connectivity index (χ0n) is 11.3. The van der Waals surface area contributed by atoms with Gasteiger partial charge < -0.3 is 0 Å². The van der Waals surface area contributed by atoms with Crippen LogP contribution >= 0.6 is 0 Å². The lowest BCUT2D eigenvalue weighted by molar-refractivity contribution is 1.25. The van der Waals surface area contributed by atoms with Crippen LogP contribution in [-0.4, -0.2) is 0 Å². The van der Waals surface area contributed by atoms with Gasteiger partial charge in [-0.15, -0.1) is 19.6 Å². The molecular formula is C18H20. The fourth-order valence-electron chi connectivity index (χ4n) is 2.12. The third-order valence-electron chi connectivity index (χ3n) is 2.81. The van der Waals surface area contributed by atoms with Gasteiger partial charge in [-0.3, -0.25) is 0 Å². The molecule has 0 radical (unpaired) electrons. The van der Waals surface area contributed by atoms with Gasteiger partial charge in [-0.1, -0.05) is 47.4 Å². The zero-order valence-corrected chi connectivity index (χ0v) is 11.3. The Morgan fingerprint density at radius 2 is 1.67 bits per heavy atom. The molecule has 0 fully saturated rings. The summed E-state index contributed by atoms with van der Waals surface area (Å²) in [5.74, 6) is 2.79. The average Bonchev–Trinajstić information content (AvgIpc) is 2.32.